The molecular weight excluding hydrogens is 440 g/mol. The predicted octanol–water partition coefficient (Wildman–Crippen LogP) is 4.44. The molecule has 1 atom stereocenters. The second-order valence-electron chi connectivity index (χ2n) is 7.48. The summed E-state index contributed by atoms with van der Waals surface area (Å²) in [5.74, 6) is -3.65. The van der Waals surface area contributed by atoms with Crippen molar-refractivity contribution < 1.29 is 24.6 Å². The van der Waals surface area contributed by atoms with E-state index in [0.29, 0.717) is 0 Å². The second-order valence-corrected chi connectivity index (χ2v) is 8.36. The molecule has 0 bridgehead atoms. The first-order valence-electron chi connectivity index (χ1n) is 10.2. The number of carbonyl (C=O) groups is 2. The van der Waals surface area contributed by atoms with E-state index in [1.165, 1.54) is 15.7 Å². The molecule has 3 aromatic rings. The van der Waals surface area contributed by atoms with Gasteiger partial charge >= 0.3 is 11.9 Å². The molecule has 0 spiro atoms. The van der Waals surface area contributed by atoms with Crippen LogP contribution in [0.25, 0.3) is 10.8 Å². The molecule has 0 aliphatic carbocycles. The second kappa shape index (κ2) is 12.6. The average molecular weight is 469 g/mol. The molecule has 7 nitrogen and oxygen atoms in total. The lowest BCUT2D eigenvalue weighted by Gasteiger charge is -2.17. The third kappa shape index (κ3) is 7.93. The van der Waals surface area contributed by atoms with Gasteiger partial charge in [0.15, 0.2) is 0 Å². The summed E-state index contributed by atoms with van der Waals surface area (Å²) in [7, 11) is 4.08. The molecule has 0 radical (unpaired) electrons. The molecule has 0 aliphatic heterocycles. The van der Waals surface area contributed by atoms with Gasteiger partial charge in [-0.2, -0.15) is 0 Å². The summed E-state index contributed by atoms with van der Waals surface area (Å²) in [5.41, 5.74) is 3.01. The molecule has 174 valence electrons. The SMILES string of the molecule is CSc1ccc(C(=NOC(C)CN(C)C)c2cccc3ccccc23)cc1.O=C(O)C(=O)O. The first kappa shape index (κ1) is 25.9. The van der Waals surface area contributed by atoms with E-state index >= 15 is 0 Å². The number of nitrogens with zero attached hydrogens (tertiary/aromatic N) is 2. The molecule has 0 heterocycles. The molecule has 1 unspecified atom stereocenters. The highest BCUT2D eigenvalue weighted by atomic mass is 32.2. The van der Waals surface area contributed by atoms with E-state index in [4.69, 9.17) is 24.6 Å². The Morgan fingerprint density at radius 1 is 0.970 bits per heavy atom. The minimum Gasteiger partial charge on any atom is -0.473 e. The van der Waals surface area contributed by atoms with E-state index in [2.05, 4.69) is 83.0 Å². The van der Waals surface area contributed by atoms with Crippen molar-refractivity contribution in [3.63, 3.8) is 0 Å². The fourth-order valence-corrected chi connectivity index (χ4v) is 3.54. The van der Waals surface area contributed by atoms with Crippen LogP contribution in [-0.4, -0.2) is 65.8 Å². The number of likely N-dealkylation sites (N-methyl/N-ethyl adjacent to an activating group) is 1. The molecule has 0 aromatic heterocycles. The van der Waals surface area contributed by atoms with Crippen LogP contribution in [0, 0.1) is 0 Å². The van der Waals surface area contributed by atoms with Crippen molar-refractivity contribution >= 4 is 40.2 Å². The fraction of sp³-hybridized carbons (Fsp3) is 0.240. The Morgan fingerprint density at radius 2 is 1.58 bits per heavy atom. The first-order chi connectivity index (χ1) is 15.7. The zero-order chi connectivity index (χ0) is 24.4. The minimum absolute atomic E-state index is 0.00967. The number of fused-ring (bicyclic) bond motifs is 1. The first-order valence-corrected chi connectivity index (χ1v) is 11.4. The van der Waals surface area contributed by atoms with Crippen LogP contribution in [0.4, 0.5) is 0 Å². The molecule has 0 amide bonds. The molecule has 3 rings (SSSR count). The molecular formula is C25H28N2O5S. The van der Waals surface area contributed by atoms with Crippen LogP contribution in [-0.2, 0) is 14.4 Å². The van der Waals surface area contributed by atoms with Gasteiger partial charge in [-0.1, -0.05) is 59.8 Å². The van der Waals surface area contributed by atoms with Gasteiger partial charge in [0, 0.05) is 22.6 Å². The highest BCUT2D eigenvalue weighted by Crippen LogP contribution is 2.24. The van der Waals surface area contributed by atoms with Gasteiger partial charge in [0.05, 0.1) is 0 Å². The van der Waals surface area contributed by atoms with Crippen LogP contribution < -0.4 is 0 Å². The maximum atomic E-state index is 9.10. The fourth-order valence-electron chi connectivity index (χ4n) is 3.13. The summed E-state index contributed by atoms with van der Waals surface area (Å²) < 4.78 is 0. The van der Waals surface area contributed by atoms with Gasteiger partial charge in [-0.15, -0.1) is 11.8 Å². The zero-order valence-corrected chi connectivity index (χ0v) is 19.9. The topological polar surface area (TPSA) is 99.4 Å². The number of benzene rings is 3. The molecule has 33 heavy (non-hydrogen) atoms. The lowest BCUT2D eigenvalue weighted by Crippen LogP contribution is -2.25. The van der Waals surface area contributed by atoms with Gasteiger partial charge in [0.1, 0.15) is 11.8 Å². The van der Waals surface area contributed by atoms with Gasteiger partial charge in [-0.05, 0) is 50.2 Å². The third-order valence-corrected chi connectivity index (χ3v) is 5.28. The standard InChI is InChI=1S/C23H26N2OS.C2H2O4/c1-17(16-25(2)3)26-24-23(19-12-14-20(27-4)15-13-19)22-11-7-9-18-8-5-6-10-21(18)22;3-1(4)2(5)6/h5-15,17H,16H2,1-4H3;(H,3,4)(H,5,6). The lowest BCUT2D eigenvalue weighted by atomic mass is 9.96. The number of carboxylic acids is 2. The van der Waals surface area contributed by atoms with Crippen molar-refractivity contribution in [1.82, 2.24) is 4.90 Å². The van der Waals surface area contributed by atoms with E-state index < -0.39 is 11.9 Å². The summed E-state index contributed by atoms with van der Waals surface area (Å²) in [6, 6.07) is 23.2. The molecule has 0 aliphatic rings. The third-order valence-electron chi connectivity index (χ3n) is 4.54. The number of hydrogen-bond donors (Lipinski definition) is 2. The maximum Gasteiger partial charge on any atom is 0.414 e. The van der Waals surface area contributed by atoms with Gasteiger partial charge in [0.2, 0.25) is 0 Å². The zero-order valence-electron chi connectivity index (χ0n) is 19.1. The van der Waals surface area contributed by atoms with Crippen molar-refractivity contribution in [1.29, 1.82) is 0 Å². The molecule has 0 fully saturated rings. The summed E-state index contributed by atoms with van der Waals surface area (Å²) in [6.45, 7) is 2.86. The van der Waals surface area contributed by atoms with Gasteiger partial charge in [0.25, 0.3) is 0 Å². The van der Waals surface area contributed by atoms with E-state index in [9.17, 15) is 0 Å². The molecule has 3 aromatic carbocycles. The Bertz CT molecular complexity index is 1100. The number of oxime groups is 1. The molecule has 2 N–H and O–H groups in total. The van der Waals surface area contributed by atoms with Gasteiger partial charge < -0.3 is 20.0 Å². The van der Waals surface area contributed by atoms with E-state index in [-0.39, 0.29) is 6.10 Å². The maximum absolute atomic E-state index is 9.10. The Morgan fingerprint density at radius 3 is 2.15 bits per heavy atom. The van der Waals surface area contributed by atoms with Crippen LogP contribution in [0.5, 0.6) is 0 Å². The normalized spacial score (nSPS) is 12.1. The quantitative estimate of drug-likeness (QED) is 0.229. The van der Waals surface area contributed by atoms with E-state index in [1.54, 1.807) is 11.8 Å². The molecule has 0 saturated heterocycles. The van der Waals surface area contributed by atoms with Crippen molar-refractivity contribution in [2.75, 3.05) is 26.9 Å². The largest absolute Gasteiger partial charge is 0.473 e. The minimum atomic E-state index is -1.82. The van der Waals surface area contributed by atoms with E-state index in [0.717, 1.165) is 23.4 Å². The summed E-state index contributed by atoms with van der Waals surface area (Å²) >= 11 is 1.74. The Hall–Kier alpha value is -3.36. The Kier molecular flexibility index (Phi) is 9.90. The number of rotatable bonds is 7. The summed E-state index contributed by atoms with van der Waals surface area (Å²) in [5, 5.41) is 21.8. The number of hydrogen-bond acceptors (Lipinski definition) is 6. The van der Waals surface area contributed by atoms with Gasteiger partial charge in [-0.3, -0.25) is 0 Å². The number of carboxylic acid groups (broad SMARTS) is 2. The van der Waals surface area contributed by atoms with Crippen LogP contribution in [0.3, 0.4) is 0 Å². The van der Waals surface area contributed by atoms with Crippen LogP contribution in [0.1, 0.15) is 18.1 Å². The number of thioether (sulfide) groups is 1. The molecule has 8 heteroatoms. The van der Waals surface area contributed by atoms with Crippen LogP contribution in [0.2, 0.25) is 0 Å². The number of aliphatic carboxylic acids is 2. The van der Waals surface area contributed by atoms with Crippen molar-refractivity contribution in [3.05, 3.63) is 77.9 Å². The molecule has 0 saturated carbocycles. The highest BCUT2D eigenvalue weighted by molar-refractivity contribution is 7.98. The summed E-state index contributed by atoms with van der Waals surface area (Å²) in [6.07, 6.45) is 2.09. The monoisotopic (exact) mass is 468 g/mol. The summed E-state index contributed by atoms with van der Waals surface area (Å²) in [4.78, 5) is 27.4. The Labute approximate surface area is 197 Å². The van der Waals surface area contributed by atoms with Crippen molar-refractivity contribution in [2.24, 2.45) is 5.16 Å². The lowest BCUT2D eigenvalue weighted by molar-refractivity contribution is -0.159. The smallest absolute Gasteiger partial charge is 0.414 e. The van der Waals surface area contributed by atoms with Crippen LogP contribution >= 0.6 is 11.8 Å². The van der Waals surface area contributed by atoms with E-state index in [1.807, 2.05) is 21.0 Å². The average Bonchev–Trinajstić information content (AvgIpc) is 2.79. The Balaban J connectivity index is 0.000000569. The predicted molar refractivity (Wildman–Crippen MR) is 132 cm³/mol. The van der Waals surface area contributed by atoms with Gasteiger partial charge in [-0.25, -0.2) is 9.59 Å². The highest BCUT2D eigenvalue weighted by Gasteiger charge is 2.13. The van der Waals surface area contributed by atoms with Crippen molar-refractivity contribution in [2.45, 2.75) is 17.9 Å². The van der Waals surface area contributed by atoms with Crippen molar-refractivity contribution in [3.8, 4) is 0 Å². The van der Waals surface area contributed by atoms with Crippen LogP contribution in [0.15, 0.2) is 76.8 Å².